The van der Waals surface area contributed by atoms with Crippen molar-refractivity contribution in [3.63, 3.8) is 0 Å². The molecule has 3 heteroatoms. The molecule has 1 aromatic carbocycles. The van der Waals surface area contributed by atoms with Crippen molar-refractivity contribution in [3.8, 4) is 0 Å². The molecule has 3 nitrogen and oxygen atoms in total. The molecule has 0 saturated heterocycles. The molecule has 0 fully saturated rings. The molecule has 2 rings (SSSR count). The molecule has 0 unspecified atom stereocenters. The van der Waals surface area contributed by atoms with Gasteiger partial charge in [-0.1, -0.05) is 33.8 Å². The smallest absolute Gasteiger partial charge is 0.246 e. The molecule has 1 aromatic rings. The molecule has 0 saturated carbocycles. The van der Waals surface area contributed by atoms with Gasteiger partial charge in [-0.3, -0.25) is 4.79 Å². The standard InChI is InChI=1S/C10H12N2O.2C2H6/c1-7-3-4-9-8(5-7)11-6-10(13)12(9)2;2*1-2/h3-5,11H,6H2,1-2H3;2*1-2H3. The molecule has 1 heterocycles. The summed E-state index contributed by atoms with van der Waals surface area (Å²) >= 11 is 0. The highest BCUT2D eigenvalue weighted by atomic mass is 16.2. The first kappa shape index (κ1) is 15.5. The van der Waals surface area contributed by atoms with Crippen LogP contribution in [0, 0.1) is 6.92 Å². The number of carbonyl (C=O) groups is 1. The maximum atomic E-state index is 11.3. The highest BCUT2D eigenvalue weighted by Crippen LogP contribution is 2.28. The number of carbonyl (C=O) groups excluding carboxylic acids is 1. The van der Waals surface area contributed by atoms with E-state index in [-0.39, 0.29) is 5.91 Å². The van der Waals surface area contributed by atoms with E-state index in [2.05, 4.69) is 11.4 Å². The largest absolute Gasteiger partial charge is 0.374 e. The van der Waals surface area contributed by atoms with E-state index in [0.29, 0.717) is 6.54 Å². The average molecular weight is 236 g/mol. The lowest BCUT2D eigenvalue weighted by Crippen LogP contribution is -2.36. The SMILES string of the molecule is CC.CC.Cc1ccc2c(c1)NCC(=O)N2C. The van der Waals surface area contributed by atoms with Gasteiger partial charge in [-0.15, -0.1) is 0 Å². The lowest BCUT2D eigenvalue weighted by atomic mass is 10.1. The Balaban J connectivity index is 0.000000581. The molecule has 1 aliphatic heterocycles. The number of fused-ring (bicyclic) bond motifs is 1. The summed E-state index contributed by atoms with van der Waals surface area (Å²) in [6, 6.07) is 6.03. The maximum Gasteiger partial charge on any atom is 0.246 e. The normalized spacial score (nSPS) is 12.4. The minimum Gasteiger partial charge on any atom is -0.374 e. The highest BCUT2D eigenvalue weighted by Gasteiger charge is 2.19. The Kier molecular flexibility index (Phi) is 7.03. The predicted octanol–water partition coefficient (Wildman–Crippen LogP) is 3.44. The molecule has 0 radical (unpaired) electrons. The number of anilines is 2. The highest BCUT2D eigenvalue weighted by molar-refractivity contribution is 6.02. The number of nitrogens with one attached hydrogen (secondary N) is 1. The van der Waals surface area contributed by atoms with Gasteiger partial charge in [0.15, 0.2) is 0 Å². The Morgan fingerprint density at radius 3 is 2.35 bits per heavy atom. The van der Waals surface area contributed by atoms with Crippen molar-refractivity contribution in [2.24, 2.45) is 0 Å². The Hall–Kier alpha value is -1.51. The third kappa shape index (κ3) is 3.77. The third-order valence-electron chi connectivity index (χ3n) is 2.32. The number of hydrogen-bond donors (Lipinski definition) is 1. The summed E-state index contributed by atoms with van der Waals surface area (Å²) in [6.07, 6.45) is 0. The quantitative estimate of drug-likeness (QED) is 0.748. The number of likely N-dealkylation sites (N-methyl/N-ethyl adjacent to an activating group) is 1. The van der Waals surface area contributed by atoms with E-state index >= 15 is 0 Å². The summed E-state index contributed by atoms with van der Waals surface area (Å²) in [4.78, 5) is 13.0. The van der Waals surface area contributed by atoms with Crippen LogP contribution in [0.25, 0.3) is 0 Å². The van der Waals surface area contributed by atoms with Gasteiger partial charge in [0.1, 0.15) is 0 Å². The Labute approximate surface area is 105 Å². The van der Waals surface area contributed by atoms with E-state index in [9.17, 15) is 4.79 Å². The van der Waals surface area contributed by atoms with Crippen molar-refractivity contribution in [1.29, 1.82) is 0 Å². The minimum absolute atomic E-state index is 0.108. The first-order chi connectivity index (χ1) is 8.18. The Bertz CT molecular complexity index is 361. The number of rotatable bonds is 0. The minimum atomic E-state index is 0.108. The summed E-state index contributed by atoms with van der Waals surface area (Å²) < 4.78 is 0. The van der Waals surface area contributed by atoms with Gasteiger partial charge >= 0.3 is 0 Å². The Morgan fingerprint density at radius 1 is 1.18 bits per heavy atom. The van der Waals surface area contributed by atoms with Gasteiger partial charge in [0, 0.05) is 7.05 Å². The lowest BCUT2D eigenvalue weighted by Gasteiger charge is -2.26. The first-order valence-electron chi connectivity index (χ1n) is 6.29. The topological polar surface area (TPSA) is 32.3 Å². The lowest BCUT2D eigenvalue weighted by molar-refractivity contribution is -0.116. The van der Waals surface area contributed by atoms with E-state index in [4.69, 9.17) is 0 Å². The molecule has 1 N–H and O–H groups in total. The summed E-state index contributed by atoms with van der Waals surface area (Å²) in [5.74, 6) is 0.108. The van der Waals surface area contributed by atoms with Crippen molar-refractivity contribution in [1.82, 2.24) is 0 Å². The molecular formula is C14H24N2O. The number of nitrogens with zero attached hydrogens (tertiary/aromatic N) is 1. The van der Waals surface area contributed by atoms with Crippen LogP contribution in [0.1, 0.15) is 33.3 Å². The van der Waals surface area contributed by atoms with E-state index in [0.717, 1.165) is 11.4 Å². The summed E-state index contributed by atoms with van der Waals surface area (Å²) in [6.45, 7) is 10.4. The summed E-state index contributed by atoms with van der Waals surface area (Å²) in [7, 11) is 1.80. The predicted molar refractivity (Wildman–Crippen MR) is 75.8 cm³/mol. The molecule has 1 amide bonds. The summed E-state index contributed by atoms with van der Waals surface area (Å²) in [5, 5.41) is 3.09. The van der Waals surface area contributed by atoms with Crippen molar-refractivity contribution >= 4 is 17.3 Å². The van der Waals surface area contributed by atoms with Crippen LogP contribution < -0.4 is 10.2 Å². The fourth-order valence-corrected chi connectivity index (χ4v) is 1.51. The molecule has 17 heavy (non-hydrogen) atoms. The van der Waals surface area contributed by atoms with Gasteiger partial charge < -0.3 is 10.2 Å². The second kappa shape index (κ2) is 7.71. The number of aryl methyl sites for hydroxylation is 1. The van der Waals surface area contributed by atoms with Crippen LogP contribution in [0.4, 0.5) is 11.4 Å². The molecule has 96 valence electrons. The molecule has 0 aliphatic carbocycles. The second-order valence-corrected chi connectivity index (χ2v) is 3.33. The molecule has 0 aromatic heterocycles. The van der Waals surface area contributed by atoms with Gasteiger partial charge in [0.2, 0.25) is 5.91 Å². The fraction of sp³-hybridized carbons (Fsp3) is 0.500. The monoisotopic (exact) mass is 236 g/mol. The molecular weight excluding hydrogens is 212 g/mol. The Morgan fingerprint density at radius 2 is 1.76 bits per heavy atom. The van der Waals surface area contributed by atoms with Crippen molar-refractivity contribution in [2.75, 3.05) is 23.8 Å². The van der Waals surface area contributed by atoms with Crippen LogP contribution in [0.5, 0.6) is 0 Å². The third-order valence-corrected chi connectivity index (χ3v) is 2.32. The molecule has 0 bridgehead atoms. The van der Waals surface area contributed by atoms with Crippen molar-refractivity contribution in [3.05, 3.63) is 23.8 Å². The van der Waals surface area contributed by atoms with E-state index < -0.39 is 0 Å². The number of benzene rings is 1. The van der Waals surface area contributed by atoms with Crippen LogP contribution in [0.2, 0.25) is 0 Å². The average Bonchev–Trinajstić information content (AvgIpc) is 2.39. The van der Waals surface area contributed by atoms with Crippen LogP contribution in [0.3, 0.4) is 0 Å². The number of hydrogen-bond acceptors (Lipinski definition) is 2. The number of amides is 1. The van der Waals surface area contributed by atoms with Gasteiger partial charge in [-0.2, -0.15) is 0 Å². The second-order valence-electron chi connectivity index (χ2n) is 3.33. The maximum absolute atomic E-state index is 11.3. The van der Waals surface area contributed by atoms with Crippen LogP contribution in [-0.4, -0.2) is 19.5 Å². The molecule has 1 aliphatic rings. The molecule has 0 spiro atoms. The van der Waals surface area contributed by atoms with Crippen LogP contribution in [-0.2, 0) is 4.79 Å². The van der Waals surface area contributed by atoms with Crippen molar-refractivity contribution in [2.45, 2.75) is 34.6 Å². The van der Waals surface area contributed by atoms with E-state index in [1.165, 1.54) is 5.56 Å². The zero-order chi connectivity index (χ0) is 13.4. The fourth-order valence-electron chi connectivity index (χ4n) is 1.51. The molecule has 0 atom stereocenters. The summed E-state index contributed by atoms with van der Waals surface area (Å²) in [5.41, 5.74) is 3.21. The zero-order valence-corrected chi connectivity index (χ0v) is 11.8. The van der Waals surface area contributed by atoms with Gasteiger partial charge in [-0.05, 0) is 24.6 Å². The van der Waals surface area contributed by atoms with E-state index in [1.54, 1.807) is 11.9 Å². The van der Waals surface area contributed by atoms with Crippen molar-refractivity contribution < 1.29 is 4.79 Å². The van der Waals surface area contributed by atoms with Gasteiger partial charge in [0.05, 0.1) is 17.9 Å². The van der Waals surface area contributed by atoms with Gasteiger partial charge in [-0.25, -0.2) is 0 Å². The van der Waals surface area contributed by atoms with Crippen LogP contribution >= 0.6 is 0 Å². The zero-order valence-electron chi connectivity index (χ0n) is 11.8. The van der Waals surface area contributed by atoms with Crippen LogP contribution in [0.15, 0.2) is 18.2 Å². The van der Waals surface area contributed by atoms with Gasteiger partial charge in [0.25, 0.3) is 0 Å². The first-order valence-corrected chi connectivity index (χ1v) is 6.29. The van der Waals surface area contributed by atoms with E-state index in [1.807, 2.05) is 46.8 Å².